The van der Waals surface area contributed by atoms with Crippen LogP contribution in [0.15, 0.2) is 47.1 Å². The number of halogens is 2. The Hall–Kier alpha value is -2.41. The summed E-state index contributed by atoms with van der Waals surface area (Å²) < 4.78 is 33.4. The average Bonchev–Trinajstić information content (AvgIpc) is 3.00. The number of rotatable bonds is 8. The third kappa shape index (κ3) is 5.53. The highest BCUT2D eigenvalue weighted by Gasteiger charge is 2.05. The molecule has 22 heavy (non-hydrogen) atoms. The summed E-state index contributed by atoms with van der Waals surface area (Å²) in [6.07, 6.45) is 1.54. The minimum atomic E-state index is -2.83. The van der Waals surface area contributed by atoms with Gasteiger partial charge in [-0.3, -0.25) is 4.79 Å². The Bertz CT molecular complexity index is 571. The fourth-order valence-electron chi connectivity index (χ4n) is 1.77. The van der Waals surface area contributed by atoms with Gasteiger partial charge in [0.25, 0.3) is 0 Å². The van der Waals surface area contributed by atoms with Crippen LogP contribution in [0.25, 0.3) is 0 Å². The van der Waals surface area contributed by atoms with E-state index in [1.54, 1.807) is 30.5 Å². The van der Waals surface area contributed by atoms with Gasteiger partial charge in [0.2, 0.25) is 5.91 Å². The van der Waals surface area contributed by atoms with E-state index in [1.165, 1.54) is 12.1 Å². The van der Waals surface area contributed by atoms with Gasteiger partial charge in [-0.15, -0.1) is 0 Å². The SMILES string of the molecule is O=C(CNCc1ccc(OC(F)F)cc1)NCc1ccco1. The van der Waals surface area contributed by atoms with E-state index in [0.717, 1.165) is 5.56 Å². The Balaban J connectivity index is 1.66. The van der Waals surface area contributed by atoms with Crippen molar-refractivity contribution >= 4 is 5.91 Å². The van der Waals surface area contributed by atoms with Gasteiger partial charge >= 0.3 is 6.61 Å². The molecule has 0 fully saturated rings. The van der Waals surface area contributed by atoms with E-state index < -0.39 is 6.61 Å². The van der Waals surface area contributed by atoms with Crippen LogP contribution in [0.3, 0.4) is 0 Å². The Labute approximate surface area is 126 Å². The predicted molar refractivity (Wildman–Crippen MR) is 75.3 cm³/mol. The van der Waals surface area contributed by atoms with Gasteiger partial charge < -0.3 is 19.8 Å². The molecule has 7 heteroatoms. The van der Waals surface area contributed by atoms with Crippen molar-refractivity contribution in [3.8, 4) is 5.75 Å². The number of hydrogen-bond acceptors (Lipinski definition) is 4. The Morgan fingerprint density at radius 2 is 1.95 bits per heavy atom. The zero-order chi connectivity index (χ0) is 15.8. The molecule has 1 aromatic carbocycles. The summed E-state index contributed by atoms with van der Waals surface area (Å²) in [5.41, 5.74) is 0.862. The smallest absolute Gasteiger partial charge is 0.387 e. The van der Waals surface area contributed by atoms with E-state index in [-0.39, 0.29) is 18.2 Å². The van der Waals surface area contributed by atoms with Gasteiger partial charge in [0.05, 0.1) is 19.4 Å². The molecule has 0 unspecified atom stereocenters. The molecule has 0 saturated carbocycles. The molecular formula is C15H16F2N2O3. The normalized spacial score (nSPS) is 10.7. The first-order valence-electron chi connectivity index (χ1n) is 6.67. The van der Waals surface area contributed by atoms with Crippen molar-refractivity contribution in [1.82, 2.24) is 10.6 Å². The number of alkyl halides is 2. The molecule has 1 aromatic heterocycles. The summed E-state index contributed by atoms with van der Waals surface area (Å²) >= 11 is 0. The molecule has 2 aromatic rings. The van der Waals surface area contributed by atoms with Gasteiger partial charge in [-0.2, -0.15) is 8.78 Å². The molecule has 0 aliphatic rings. The van der Waals surface area contributed by atoms with Crippen molar-refractivity contribution in [2.75, 3.05) is 6.54 Å². The summed E-state index contributed by atoms with van der Waals surface area (Å²) in [5, 5.41) is 5.66. The standard InChI is InChI=1S/C15H16F2N2O3/c16-15(17)22-12-5-3-11(4-6-12)8-18-10-14(20)19-9-13-2-1-7-21-13/h1-7,15,18H,8-10H2,(H,19,20). The van der Waals surface area contributed by atoms with Crippen molar-refractivity contribution in [3.05, 3.63) is 54.0 Å². The number of furan rings is 1. The summed E-state index contributed by atoms with van der Waals surface area (Å²) in [7, 11) is 0. The largest absolute Gasteiger partial charge is 0.467 e. The molecule has 0 saturated heterocycles. The second-order valence-corrected chi connectivity index (χ2v) is 4.48. The molecule has 2 N–H and O–H groups in total. The molecule has 0 aliphatic heterocycles. The van der Waals surface area contributed by atoms with Crippen molar-refractivity contribution in [1.29, 1.82) is 0 Å². The molecule has 0 atom stereocenters. The topological polar surface area (TPSA) is 63.5 Å². The fourth-order valence-corrected chi connectivity index (χ4v) is 1.77. The lowest BCUT2D eigenvalue weighted by Crippen LogP contribution is -2.33. The summed E-state index contributed by atoms with van der Waals surface area (Å²) in [5.74, 6) is 0.631. The maximum atomic E-state index is 12.0. The van der Waals surface area contributed by atoms with Crippen LogP contribution < -0.4 is 15.4 Å². The Morgan fingerprint density at radius 3 is 2.59 bits per heavy atom. The molecule has 0 aliphatic carbocycles. The number of amides is 1. The number of nitrogens with one attached hydrogen (secondary N) is 2. The van der Waals surface area contributed by atoms with Crippen LogP contribution in [-0.4, -0.2) is 19.1 Å². The van der Waals surface area contributed by atoms with Crippen molar-refractivity contribution in [3.63, 3.8) is 0 Å². The van der Waals surface area contributed by atoms with Gasteiger partial charge in [0, 0.05) is 6.54 Å². The monoisotopic (exact) mass is 310 g/mol. The zero-order valence-corrected chi connectivity index (χ0v) is 11.7. The summed E-state index contributed by atoms with van der Waals surface area (Å²) in [4.78, 5) is 11.6. The molecular weight excluding hydrogens is 294 g/mol. The van der Waals surface area contributed by atoms with E-state index in [4.69, 9.17) is 4.42 Å². The van der Waals surface area contributed by atoms with Crippen LogP contribution in [-0.2, 0) is 17.9 Å². The number of carbonyl (C=O) groups excluding carboxylic acids is 1. The molecule has 5 nitrogen and oxygen atoms in total. The molecule has 118 valence electrons. The van der Waals surface area contributed by atoms with E-state index in [0.29, 0.717) is 18.8 Å². The van der Waals surface area contributed by atoms with Crippen LogP contribution in [0.5, 0.6) is 5.75 Å². The van der Waals surface area contributed by atoms with Crippen molar-refractivity contribution in [2.45, 2.75) is 19.7 Å². The van der Waals surface area contributed by atoms with Crippen LogP contribution >= 0.6 is 0 Å². The van der Waals surface area contributed by atoms with Gasteiger partial charge in [0.15, 0.2) is 0 Å². The Morgan fingerprint density at radius 1 is 1.18 bits per heavy atom. The molecule has 0 radical (unpaired) electrons. The summed E-state index contributed by atoms with van der Waals surface area (Å²) in [6, 6.07) is 9.76. The molecule has 0 bridgehead atoms. The molecule has 0 spiro atoms. The third-order valence-electron chi connectivity index (χ3n) is 2.80. The first-order chi connectivity index (χ1) is 10.6. The third-order valence-corrected chi connectivity index (χ3v) is 2.80. The van der Waals surface area contributed by atoms with Gasteiger partial charge in [-0.25, -0.2) is 0 Å². The lowest BCUT2D eigenvalue weighted by Gasteiger charge is -2.07. The average molecular weight is 310 g/mol. The highest BCUT2D eigenvalue weighted by atomic mass is 19.3. The lowest BCUT2D eigenvalue weighted by molar-refractivity contribution is -0.120. The van der Waals surface area contributed by atoms with Gasteiger partial charge in [-0.05, 0) is 29.8 Å². The van der Waals surface area contributed by atoms with Gasteiger partial charge in [0.1, 0.15) is 11.5 Å². The number of benzene rings is 1. The first kappa shape index (κ1) is 16.0. The minimum Gasteiger partial charge on any atom is -0.467 e. The number of ether oxygens (including phenoxy) is 1. The van der Waals surface area contributed by atoms with Crippen LogP contribution in [0, 0.1) is 0 Å². The number of hydrogen-bond donors (Lipinski definition) is 2. The highest BCUT2D eigenvalue weighted by molar-refractivity contribution is 5.77. The molecule has 1 heterocycles. The Kier molecular flexibility index (Phi) is 5.91. The quantitative estimate of drug-likeness (QED) is 0.785. The van der Waals surface area contributed by atoms with Crippen LogP contribution in [0.1, 0.15) is 11.3 Å². The van der Waals surface area contributed by atoms with E-state index in [9.17, 15) is 13.6 Å². The maximum absolute atomic E-state index is 12.0. The van der Waals surface area contributed by atoms with Crippen LogP contribution in [0.4, 0.5) is 8.78 Å². The molecule has 2 rings (SSSR count). The van der Waals surface area contributed by atoms with Crippen LogP contribution in [0.2, 0.25) is 0 Å². The van der Waals surface area contributed by atoms with E-state index in [2.05, 4.69) is 15.4 Å². The fraction of sp³-hybridized carbons (Fsp3) is 0.267. The first-order valence-corrected chi connectivity index (χ1v) is 6.67. The predicted octanol–water partition coefficient (Wildman–Crippen LogP) is 2.29. The maximum Gasteiger partial charge on any atom is 0.387 e. The second-order valence-electron chi connectivity index (χ2n) is 4.48. The van der Waals surface area contributed by atoms with Crippen molar-refractivity contribution < 1.29 is 22.7 Å². The zero-order valence-electron chi connectivity index (χ0n) is 11.7. The minimum absolute atomic E-state index is 0.106. The second kappa shape index (κ2) is 8.14. The van der Waals surface area contributed by atoms with E-state index >= 15 is 0 Å². The van der Waals surface area contributed by atoms with Gasteiger partial charge in [-0.1, -0.05) is 12.1 Å². The molecule has 1 amide bonds. The number of carbonyl (C=O) groups is 1. The summed E-state index contributed by atoms with van der Waals surface area (Å²) in [6.45, 7) is -1.89. The lowest BCUT2D eigenvalue weighted by atomic mass is 10.2. The van der Waals surface area contributed by atoms with Crippen molar-refractivity contribution in [2.24, 2.45) is 0 Å². The van der Waals surface area contributed by atoms with E-state index in [1.807, 2.05) is 0 Å². The highest BCUT2D eigenvalue weighted by Crippen LogP contribution is 2.14.